The minimum Gasteiger partial charge on any atom is -0.352 e. The summed E-state index contributed by atoms with van der Waals surface area (Å²) in [7, 11) is -3.87. The molecule has 2 saturated carbocycles. The lowest BCUT2D eigenvalue weighted by Gasteiger charge is -2.27. The molecule has 2 bridgehead atoms. The van der Waals surface area contributed by atoms with Crippen LogP contribution in [0.15, 0.2) is 57.9 Å². The average Bonchev–Trinajstić information content (AvgIpc) is 3.29. The van der Waals surface area contributed by atoms with Gasteiger partial charge in [-0.1, -0.05) is 46.1 Å². The van der Waals surface area contributed by atoms with Crippen molar-refractivity contribution in [2.24, 2.45) is 11.8 Å². The predicted molar refractivity (Wildman–Crippen MR) is 117 cm³/mol. The molecule has 3 atom stereocenters. The summed E-state index contributed by atoms with van der Waals surface area (Å²) in [5.74, 6) is 0.998. The summed E-state index contributed by atoms with van der Waals surface area (Å²) in [6.45, 7) is 1.67. The summed E-state index contributed by atoms with van der Waals surface area (Å²) in [6, 6.07) is 13.9. The zero-order valence-electron chi connectivity index (χ0n) is 16.3. The lowest BCUT2D eigenvalue weighted by molar-refractivity contribution is -0.120. The van der Waals surface area contributed by atoms with E-state index in [1.54, 1.807) is 42.5 Å². The summed E-state index contributed by atoms with van der Waals surface area (Å²) >= 11 is 3.40. The quantitative estimate of drug-likeness (QED) is 0.677. The van der Waals surface area contributed by atoms with E-state index >= 15 is 0 Å². The van der Waals surface area contributed by atoms with Gasteiger partial charge in [0.05, 0.1) is 10.6 Å². The minimum absolute atomic E-state index is 0.174. The van der Waals surface area contributed by atoms with Crippen LogP contribution in [0, 0.1) is 18.8 Å². The molecule has 29 heavy (non-hydrogen) atoms. The SMILES string of the molecule is Cc1ccc(S(=O)(=O)N(CC(=O)N[C@@H]2C[C@@H]3CC[C@@H]2C3)c2cccc(Br)c2)cc1. The molecule has 2 aliphatic rings. The van der Waals surface area contributed by atoms with E-state index in [4.69, 9.17) is 0 Å². The van der Waals surface area contributed by atoms with Gasteiger partial charge in [0, 0.05) is 10.5 Å². The van der Waals surface area contributed by atoms with Crippen molar-refractivity contribution in [3.63, 3.8) is 0 Å². The average molecular weight is 477 g/mol. The van der Waals surface area contributed by atoms with Crippen LogP contribution in [0.1, 0.15) is 31.2 Å². The van der Waals surface area contributed by atoms with Crippen molar-refractivity contribution in [3.8, 4) is 0 Å². The van der Waals surface area contributed by atoms with Crippen molar-refractivity contribution < 1.29 is 13.2 Å². The Morgan fingerprint density at radius 3 is 2.52 bits per heavy atom. The number of halogens is 1. The molecular formula is C22H25BrN2O3S. The number of amides is 1. The summed E-state index contributed by atoms with van der Waals surface area (Å²) < 4.78 is 28.7. The second kappa shape index (κ2) is 8.11. The van der Waals surface area contributed by atoms with Gasteiger partial charge >= 0.3 is 0 Å². The van der Waals surface area contributed by atoms with E-state index < -0.39 is 10.0 Å². The number of nitrogens with zero attached hydrogens (tertiary/aromatic N) is 1. The van der Waals surface area contributed by atoms with Gasteiger partial charge in [-0.05, 0) is 68.4 Å². The molecule has 0 aromatic heterocycles. The van der Waals surface area contributed by atoms with Crippen LogP contribution in [0.5, 0.6) is 0 Å². The Morgan fingerprint density at radius 1 is 1.14 bits per heavy atom. The topological polar surface area (TPSA) is 66.5 Å². The van der Waals surface area contributed by atoms with E-state index in [1.165, 1.54) is 17.1 Å². The standard InChI is InChI=1S/C22H25BrN2O3S/c1-15-5-9-20(10-6-15)29(27,28)25(19-4-2-3-18(23)13-19)14-22(26)24-21-12-16-7-8-17(21)11-16/h2-6,9-10,13,16-17,21H,7-8,11-12,14H2,1H3,(H,24,26)/t16-,17-,21-/m1/s1. The highest BCUT2D eigenvalue weighted by Crippen LogP contribution is 2.44. The van der Waals surface area contributed by atoms with E-state index in [0.717, 1.165) is 22.9 Å². The fourth-order valence-corrected chi connectivity index (χ4v) is 6.39. The number of anilines is 1. The van der Waals surface area contributed by atoms with Gasteiger partial charge in [0.25, 0.3) is 10.0 Å². The number of benzene rings is 2. The summed E-state index contributed by atoms with van der Waals surface area (Å²) in [5.41, 5.74) is 1.44. The molecule has 2 aliphatic carbocycles. The first-order chi connectivity index (χ1) is 13.8. The van der Waals surface area contributed by atoms with Crippen molar-refractivity contribution in [1.29, 1.82) is 0 Å². The zero-order valence-corrected chi connectivity index (χ0v) is 18.7. The van der Waals surface area contributed by atoms with Gasteiger partial charge in [0.2, 0.25) is 5.91 Å². The Balaban J connectivity index is 1.60. The Hall–Kier alpha value is -1.86. The van der Waals surface area contributed by atoms with Crippen molar-refractivity contribution in [2.75, 3.05) is 10.8 Å². The first kappa shape index (κ1) is 20.4. The van der Waals surface area contributed by atoms with Crippen LogP contribution in [0.2, 0.25) is 0 Å². The molecule has 0 heterocycles. The lowest BCUT2D eigenvalue weighted by Crippen LogP contribution is -2.46. The van der Waals surface area contributed by atoms with Gasteiger partial charge in [-0.25, -0.2) is 8.42 Å². The molecule has 0 saturated heterocycles. The van der Waals surface area contributed by atoms with Crippen LogP contribution in [-0.4, -0.2) is 26.9 Å². The maximum absolute atomic E-state index is 13.4. The number of fused-ring (bicyclic) bond motifs is 2. The number of nitrogens with one attached hydrogen (secondary N) is 1. The largest absolute Gasteiger partial charge is 0.352 e. The Morgan fingerprint density at radius 2 is 1.90 bits per heavy atom. The van der Waals surface area contributed by atoms with Gasteiger partial charge in [-0.2, -0.15) is 0 Å². The molecule has 2 aromatic rings. The molecule has 5 nitrogen and oxygen atoms in total. The molecule has 1 N–H and O–H groups in total. The first-order valence-electron chi connectivity index (χ1n) is 9.97. The number of hydrogen-bond donors (Lipinski definition) is 1. The minimum atomic E-state index is -3.87. The third-order valence-electron chi connectivity index (χ3n) is 6.08. The zero-order chi connectivity index (χ0) is 20.6. The van der Waals surface area contributed by atoms with Crippen molar-refractivity contribution in [2.45, 2.75) is 43.5 Å². The summed E-state index contributed by atoms with van der Waals surface area (Å²) in [6.07, 6.45) is 4.61. The second-order valence-electron chi connectivity index (χ2n) is 8.15. The van der Waals surface area contributed by atoms with Crippen LogP contribution in [-0.2, 0) is 14.8 Å². The van der Waals surface area contributed by atoms with Crippen LogP contribution < -0.4 is 9.62 Å². The third-order valence-corrected chi connectivity index (χ3v) is 8.36. The number of hydrogen-bond acceptors (Lipinski definition) is 3. The van der Waals surface area contributed by atoms with E-state index in [9.17, 15) is 13.2 Å². The molecule has 4 rings (SSSR count). The number of carbonyl (C=O) groups is 1. The number of rotatable bonds is 6. The van der Waals surface area contributed by atoms with Gasteiger partial charge in [-0.15, -0.1) is 0 Å². The number of sulfonamides is 1. The first-order valence-corrected chi connectivity index (χ1v) is 12.2. The highest BCUT2D eigenvalue weighted by Gasteiger charge is 2.40. The molecular weight excluding hydrogens is 452 g/mol. The molecule has 1 amide bonds. The fraction of sp³-hybridized carbons (Fsp3) is 0.409. The smallest absolute Gasteiger partial charge is 0.264 e. The molecule has 0 radical (unpaired) electrons. The van der Waals surface area contributed by atoms with Crippen molar-refractivity contribution in [1.82, 2.24) is 5.32 Å². The van der Waals surface area contributed by atoms with Crippen LogP contribution in [0.3, 0.4) is 0 Å². The monoisotopic (exact) mass is 476 g/mol. The molecule has 0 aliphatic heterocycles. The van der Waals surface area contributed by atoms with E-state index in [-0.39, 0.29) is 23.4 Å². The molecule has 2 aromatic carbocycles. The van der Waals surface area contributed by atoms with Crippen LogP contribution in [0.4, 0.5) is 5.69 Å². The van der Waals surface area contributed by atoms with Gasteiger partial charge in [-0.3, -0.25) is 9.10 Å². The third kappa shape index (κ3) is 4.36. The van der Waals surface area contributed by atoms with E-state index in [0.29, 0.717) is 17.5 Å². The highest BCUT2D eigenvalue weighted by atomic mass is 79.9. The predicted octanol–water partition coefficient (Wildman–Crippen LogP) is 4.26. The Kier molecular flexibility index (Phi) is 5.71. The maximum Gasteiger partial charge on any atom is 0.264 e. The Bertz CT molecular complexity index is 1010. The lowest BCUT2D eigenvalue weighted by atomic mass is 9.95. The van der Waals surface area contributed by atoms with Crippen molar-refractivity contribution in [3.05, 3.63) is 58.6 Å². The number of carbonyl (C=O) groups excluding carboxylic acids is 1. The van der Waals surface area contributed by atoms with Crippen LogP contribution >= 0.6 is 15.9 Å². The van der Waals surface area contributed by atoms with Gasteiger partial charge < -0.3 is 5.32 Å². The van der Waals surface area contributed by atoms with E-state index in [1.807, 2.05) is 13.0 Å². The molecule has 154 valence electrons. The molecule has 2 fully saturated rings. The fourth-order valence-electron chi connectivity index (χ4n) is 4.59. The summed E-state index contributed by atoms with van der Waals surface area (Å²) in [4.78, 5) is 13.0. The van der Waals surface area contributed by atoms with Gasteiger partial charge in [0.1, 0.15) is 6.54 Å². The van der Waals surface area contributed by atoms with Gasteiger partial charge in [0.15, 0.2) is 0 Å². The maximum atomic E-state index is 13.4. The normalized spacial score (nSPS) is 23.2. The highest BCUT2D eigenvalue weighted by molar-refractivity contribution is 9.10. The van der Waals surface area contributed by atoms with E-state index in [2.05, 4.69) is 21.2 Å². The molecule has 0 spiro atoms. The second-order valence-corrected chi connectivity index (χ2v) is 10.9. The number of aryl methyl sites for hydroxylation is 1. The molecule has 0 unspecified atom stereocenters. The summed E-state index contributed by atoms with van der Waals surface area (Å²) in [5, 5.41) is 3.10. The Labute approximate surface area is 180 Å². The van der Waals surface area contributed by atoms with Crippen LogP contribution in [0.25, 0.3) is 0 Å². The molecule has 7 heteroatoms. The van der Waals surface area contributed by atoms with Crippen molar-refractivity contribution >= 4 is 37.5 Å².